The number of hydrogen-bond donors (Lipinski definition) is 1. The van der Waals surface area contributed by atoms with E-state index in [0.717, 1.165) is 25.2 Å². The highest BCUT2D eigenvalue weighted by atomic mass is 15.3. The zero-order valence-electron chi connectivity index (χ0n) is 12.8. The van der Waals surface area contributed by atoms with Crippen LogP contribution in [0.4, 0.5) is 0 Å². The lowest BCUT2D eigenvalue weighted by Crippen LogP contribution is -2.31. The monoisotopic (exact) mass is 251 g/mol. The fourth-order valence-corrected chi connectivity index (χ4v) is 2.19. The molecule has 2 atom stereocenters. The first-order chi connectivity index (χ1) is 8.43. The van der Waals surface area contributed by atoms with E-state index >= 15 is 0 Å². The predicted molar refractivity (Wildman–Crippen MR) is 77.8 cm³/mol. The summed E-state index contributed by atoms with van der Waals surface area (Å²) in [6.45, 7) is 15.4. The highest BCUT2D eigenvalue weighted by molar-refractivity contribution is 5.09. The van der Waals surface area contributed by atoms with E-state index in [0.29, 0.717) is 17.9 Å². The molecule has 18 heavy (non-hydrogen) atoms. The molecule has 0 aliphatic heterocycles. The van der Waals surface area contributed by atoms with Gasteiger partial charge in [0, 0.05) is 18.3 Å². The van der Waals surface area contributed by atoms with Crippen molar-refractivity contribution in [1.82, 2.24) is 15.1 Å². The van der Waals surface area contributed by atoms with Crippen LogP contribution in [0.25, 0.3) is 0 Å². The summed E-state index contributed by atoms with van der Waals surface area (Å²) in [5.74, 6) is 1.37. The maximum absolute atomic E-state index is 4.52. The van der Waals surface area contributed by atoms with Gasteiger partial charge in [-0.3, -0.25) is 4.68 Å². The van der Waals surface area contributed by atoms with Gasteiger partial charge >= 0.3 is 0 Å². The normalized spacial score (nSPS) is 15.1. The van der Waals surface area contributed by atoms with Crippen molar-refractivity contribution in [3.8, 4) is 0 Å². The third kappa shape index (κ3) is 4.45. The number of aryl methyl sites for hydroxylation is 2. The molecule has 1 N–H and O–H groups in total. The minimum absolute atomic E-state index is 0.572. The molecule has 0 amide bonds. The standard InChI is InChI=1S/C15H29N3/c1-7-18-15(9-14(6)17-18)8-12(4)13(5)10-16-11(2)3/h9,11-13,16H,7-8,10H2,1-6H3. The molecule has 3 nitrogen and oxygen atoms in total. The van der Waals surface area contributed by atoms with Crippen LogP contribution in [-0.4, -0.2) is 22.4 Å². The number of nitrogens with zero attached hydrogens (tertiary/aromatic N) is 2. The van der Waals surface area contributed by atoms with Crippen LogP contribution >= 0.6 is 0 Å². The minimum Gasteiger partial charge on any atom is -0.314 e. The van der Waals surface area contributed by atoms with Gasteiger partial charge < -0.3 is 5.32 Å². The minimum atomic E-state index is 0.572. The van der Waals surface area contributed by atoms with Crippen molar-refractivity contribution in [3.05, 3.63) is 17.5 Å². The summed E-state index contributed by atoms with van der Waals surface area (Å²) in [4.78, 5) is 0. The van der Waals surface area contributed by atoms with Crippen molar-refractivity contribution in [1.29, 1.82) is 0 Å². The number of aromatic nitrogens is 2. The summed E-state index contributed by atoms with van der Waals surface area (Å²) in [5, 5.41) is 8.04. The van der Waals surface area contributed by atoms with Gasteiger partial charge in [0.2, 0.25) is 0 Å². The second kappa shape index (κ2) is 6.93. The predicted octanol–water partition coefficient (Wildman–Crippen LogP) is 3.02. The molecule has 0 aliphatic rings. The zero-order valence-corrected chi connectivity index (χ0v) is 12.8. The average molecular weight is 251 g/mol. The summed E-state index contributed by atoms with van der Waals surface area (Å²) in [6.07, 6.45) is 1.12. The van der Waals surface area contributed by atoms with Gasteiger partial charge in [0.25, 0.3) is 0 Å². The maximum atomic E-state index is 4.52. The SMILES string of the molecule is CCn1nc(C)cc1CC(C)C(C)CNC(C)C. The molecule has 0 aromatic carbocycles. The van der Waals surface area contributed by atoms with Gasteiger partial charge in [-0.2, -0.15) is 5.10 Å². The van der Waals surface area contributed by atoms with Crippen molar-refractivity contribution >= 4 is 0 Å². The van der Waals surface area contributed by atoms with Gasteiger partial charge in [-0.25, -0.2) is 0 Å². The lowest BCUT2D eigenvalue weighted by Gasteiger charge is -2.22. The fraction of sp³-hybridized carbons (Fsp3) is 0.800. The lowest BCUT2D eigenvalue weighted by molar-refractivity contribution is 0.347. The lowest BCUT2D eigenvalue weighted by atomic mass is 9.91. The van der Waals surface area contributed by atoms with Crippen LogP contribution in [0.15, 0.2) is 6.07 Å². The van der Waals surface area contributed by atoms with E-state index in [1.807, 2.05) is 0 Å². The van der Waals surface area contributed by atoms with Crippen LogP contribution in [0.1, 0.15) is 46.0 Å². The Kier molecular flexibility index (Phi) is 5.86. The molecule has 0 aliphatic carbocycles. The Bertz CT molecular complexity index is 355. The van der Waals surface area contributed by atoms with E-state index in [9.17, 15) is 0 Å². The van der Waals surface area contributed by atoms with Crippen LogP contribution in [0.2, 0.25) is 0 Å². The number of rotatable bonds is 7. The van der Waals surface area contributed by atoms with Crippen LogP contribution < -0.4 is 5.32 Å². The van der Waals surface area contributed by atoms with Crippen molar-refractivity contribution in [3.63, 3.8) is 0 Å². The van der Waals surface area contributed by atoms with E-state index in [2.05, 4.69) is 62.7 Å². The molecule has 0 fully saturated rings. The highest BCUT2D eigenvalue weighted by Crippen LogP contribution is 2.17. The molecule has 1 rings (SSSR count). The van der Waals surface area contributed by atoms with Gasteiger partial charge in [-0.1, -0.05) is 27.7 Å². The van der Waals surface area contributed by atoms with Gasteiger partial charge in [0.1, 0.15) is 0 Å². The molecule has 1 aromatic heterocycles. The Labute approximate surface area is 112 Å². The molecule has 104 valence electrons. The molecular formula is C15H29N3. The Morgan fingerprint density at radius 2 is 1.89 bits per heavy atom. The third-order valence-electron chi connectivity index (χ3n) is 3.64. The zero-order chi connectivity index (χ0) is 13.7. The Balaban J connectivity index is 2.54. The molecule has 1 heterocycles. The Hall–Kier alpha value is -0.830. The summed E-state index contributed by atoms with van der Waals surface area (Å²) in [6, 6.07) is 2.80. The first-order valence-corrected chi connectivity index (χ1v) is 7.20. The number of hydrogen-bond acceptors (Lipinski definition) is 2. The molecule has 0 spiro atoms. The topological polar surface area (TPSA) is 29.9 Å². The first kappa shape index (κ1) is 15.2. The number of nitrogens with one attached hydrogen (secondary N) is 1. The average Bonchev–Trinajstić information content (AvgIpc) is 2.66. The van der Waals surface area contributed by atoms with Gasteiger partial charge in [-0.05, 0) is 44.7 Å². The van der Waals surface area contributed by atoms with Crippen LogP contribution in [-0.2, 0) is 13.0 Å². The second-order valence-electron chi connectivity index (χ2n) is 5.81. The van der Waals surface area contributed by atoms with Crippen molar-refractivity contribution in [2.75, 3.05) is 6.54 Å². The molecule has 3 heteroatoms. The molecule has 0 radical (unpaired) electrons. The second-order valence-corrected chi connectivity index (χ2v) is 5.81. The highest BCUT2D eigenvalue weighted by Gasteiger charge is 2.15. The molecule has 0 saturated heterocycles. The summed E-state index contributed by atoms with van der Waals surface area (Å²) in [7, 11) is 0. The van der Waals surface area contributed by atoms with Gasteiger partial charge in [0.05, 0.1) is 5.69 Å². The van der Waals surface area contributed by atoms with Crippen LogP contribution in [0.3, 0.4) is 0 Å². The smallest absolute Gasteiger partial charge is 0.0596 e. The molecule has 1 aromatic rings. The van der Waals surface area contributed by atoms with E-state index in [1.54, 1.807) is 0 Å². The Morgan fingerprint density at radius 3 is 2.44 bits per heavy atom. The summed E-state index contributed by atoms with van der Waals surface area (Å²) in [5.41, 5.74) is 2.51. The quantitative estimate of drug-likeness (QED) is 0.807. The van der Waals surface area contributed by atoms with Crippen molar-refractivity contribution < 1.29 is 0 Å². The van der Waals surface area contributed by atoms with E-state index in [-0.39, 0.29) is 0 Å². The fourth-order valence-electron chi connectivity index (χ4n) is 2.19. The van der Waals surface area contributed by atoms with Gasteiger partial charge in [-0.15, -0.1) is 0 Å². The van der Waals surface area contributed by atoms with Crippen molar-refractivity contribution in [2.45, 2.75) is 60.5 Å². The van der Waals surface area contributed by atoms with Crippen LogP contribution in [0, 0.1) is 18.8 Å². The molecular weight excluding hydrogens is 222 g/mol. The summed E-state index contributed by atoms with van der Waals surface area (Å²) < 4.78 is 2.13. The van der Waals surface area contributed by atoms with Crippen molar-refractivity contribution in [2.24, 2.45) is 11.8 Å². The van der Waals surface area contributed by atoms with Gasteiger partial charge in [0.15, 0.2) is 0 Å². The van der Waals surface area contributed by atoms with E-state index < -0.39 is 0 Å². The van der Waals surface area contributed by atoms with Crippen LogP contribution in [0.5, 0.6) is 0 Å². The Morgan fingerprint density at radius 1 is 1.22 bits per heavy atom. The molecule has 0 saturated carbocycles. The van der Waals surface area contributed by atoms with E-state index in [4.69, 9.17) is 0 Å². The first-order valence-electron chi connectivity index (χ1n) is 7.20. The largest absolute Gasteiger partial charge is 0.314 e. The molecule has 0 bridgehead atoms. The molecule has 2 unspecified atom stereocenters. The maximum Gasteiger partial charge on any atom is 0.0596 e. The summed E-state index contributed by atoms with van der Waals surface area (Å²) >= 11 is 0. The third-order valence-corrected chi connectivity index (χ3v) is 3.64. The van der Waals surface area contributed by atoms with E-state index in [1.165, 1.54) is 5.69 Å².